The molecule has 0 N–H and O–H groups in total. The molecule has 3 heterocycles. The lowest BCUT2D eigenvalue weighted by atomic mass is 10.0. The van der Waals surface area contributed by atoms with Crippen molar-refractivity contribution in [2.75, 3.05) is 0 Å². The molecule has 0 atom stereocenters. The summed E-state index contributed by atoms with van der Waals surface area (Å²) in [5.41, 5.74) is 4.10. The third kappa shape index (κ3) is 3.55. The lowest BCUT2D eigenvalue weighted by Gasteiger charge is -2.13. The van der Waals surface area contributed by atoms with Gasteiger partial charge in [-0.05, 0) is 40.4 Å². The van der Waals surface area contributed by atoms with E-state index in [4.69, 9.17) is 4.98 Å². The lowest BCUT2D eigenvalue weighted by Crippen LogP contribution is -2.23. The highest BCUT2D eigenvalue weighted by atomic mass is 32.1. The summed E-state index contributed by atoms with van der Waals surface area (Å²) >= 11 is 3.18. The Morgan fingerprint density at radius 3 is 2.28 bits per heavy atom. The van der Waals surface area contributed by atoms with Crippen LogP contribution >= 0.6 is 22.7 Å². The van der Waals surface area contributed by atoms with Gasteiger partial charge in [-0.1, -0.05) is 60.7 Å². The molecule has 0 bridgehead atoms. The van der Waals surface area contributed by atoms with Crippen molar-refractivity contribution in [1.29, 1.82) is 0 Å². The Bertz CT molecular complexity index is 1300. The summed E-state index contributed by atoms with van der Waals surface area (Å²) in [4.78, 5) is 19.3. The van der Waals surface area contributed by atoms with Crippen molar-refractivity contribution in [3.05, 3.63) is 98.8 Å². The monoisotopic (exact) mass is 414 g/mol. The topological polar surface area (TPSA) is 34.9 Å². The summed E-state index contributed by atoms with van der Waals surface area (Å²) in [6, 6.07) is 24.7. The molecule has 0 aliphatic rings. The van der Waals surface area contributed by atoms with Gasteiger partial charge in [-0.15, -0.1) is 22.7 Å². The molecule has 5 rings (SSSR count). The Kier molecular flexibility index (Phi) is 4.84. The molecule has 5 heteroatoms. The Morgan fingerprint density at radius 1 is 0.759 bits per heavy atom. The fourth-order valence-corrected chi connectivity index (χ4v) is 4.97. The summed E-state index contributed by atoms with van der Waals surface area (Å²) in [5, 5.41) is 4.01. The minimum atomic E-state index is 0.0451. The van der Waals surface area contributed by atoms with Crippen LogP contribution in [0.1, 0.15) is 4.88 Å². The molecular formula is C24H18N2OS2. The second-order valence-corrected chi connectivity index (χ2v) is 8.75. The van der Waals surface area contributed by atoms with E-state index >= 15 is 0 Å². The maximum atomic E-state index is 13.2. The number of fused-ring (bicyclic) bond motifs is 1. The van der Waals surface area contributed by atoms with Crippen LogP contribution in [0.15, 0.2) is 88.4 Å². The van der Waals surface area contributed by atoms with Crippen LogP contribution in [0.2, 0.25) is 0 Å². The van der Waals surface area contributed by atoms with E-state index in [1.54, 1.807) is 11.3 Å². The highest BCUT2D eigenvalue weighted by molar-refractivity contribution is 7.17. The van der Waals surface area contributed by atoms with E-state index in [9.17, 15) is 4.79 Å². The summed E-state index contributed by atoms with van der Waals surface area (Å²) in [6.45, 7) is 0.621. The second-order valence-electron chi connectivity index (χ2n) is 6.80. The van der Waals surface area contributed by atoms with E-state index < -0.39 is 0 Å². The Hall–Kier alpha value is -3.02. The number of hydrogen-bond acceptors (Lipinski definition) is 4. The van der Waals surface area contributed by atoms with Crippen LogP contribution in [-0.2, 0) is 13.0 Å². The maximum absolute atomic E-state index is 13.2. The van der Waals surface area contributed by atoms with Crippen molar-refractivity contribution in [3.63, 3.8) is 0 Å². The first-order chi connectivity index (χ1) is 14.3. The van der Waals surface area contributed by atoms with Crippen molar-refractivity contribution < 1.29 is 0 Å². The SMILES string of the molecule is O=c1c2sccc2nc(-c2ccc(-c3ccccc3)cc2)n1CCc1cccs1. The van der Waals surface area contributed by atoms with Gasteiger partial charge in [0.1, 0.15) is 10.5 Å². The van der Waals surface area contributed by atoms with E-state index in [2.05, 4.69) is 47.8 Å². The fourth-order valence-electron chi connectivity index (χ4n) is 3.49. The summed E-state index contributed by atoms with van der Waals surface area (Å²) in [5.74, 6) is 0.733. The summed E-state index contributed by atoms with van der Waals surface area (Å²) in [7, 11) is 0. The van der Waals surface area contributed by atoms with E-state index in [1.165, 1.54) is 21.8 Å². The standard InChI is InChI=1S/C24H18N2OS2/c27-24-22-21(13-16-29-22)25-23(26(24)14-12-20-7-4-15-28-20)19-10-8-18(9-11-19)17-5-2-1-3-6-17/h1-11,13,15-16H,12,14H2. The van der Waals surface area contributed by atoms with Gasteiger partial charge in [0.15, 0.2) is 0 Å². The van der Waals surface area contributed by atoms with Crippen LogP contribution in [-0.4, -0.2) is 9.55 Å². The zero-order valence-corrected chi connectivity index (χ0v) is 17.2. The number of benzene rings is 2. The molecule has 0 aliphatic heterocycles. The smallest absolute Gasteiger partial charge is 0.271 e. The molecule has 0 saturated heterocycles. The van der Waals surface area contributed by atoms with E-state index in [0.717, 1.165) is 33.6 Å². The normalized spacial score (nSPS) is 11.2. The molecule has 0 fully saturated rings. The van der Waals surface area contributed by atoms with Gasteiger partial charge in [-0.3, -0.25) is 9.36 Å². The number of hydrogen-bond donors (Lipinski definition) is 0. The second kappa shape index (κ2) is 7.78. The van der Waals surface area contributed by atoms with E-state index in [-0.39, 0.29) is 5.56 Å². The van der Waals surface area contributed by atoms with Crippen LogP contribution in [0, 0.1) is 0 Å². The molecular weight excluding hydrogens is 396 g/mol. The summed E-state index contributed by atoms with van der Waals surface area (Å²) < 4.78 is 2.55. The number of aromatic nitrogens is 2. The number of thiophene rings is 2. The molecule has 29 heavy (non-hydrogen) atoms. The average molecular weight is 415 g/mol. The van der Waals surface area contributed by atoms with E-state index in [0.29, 0.717) is 6.54 Å². The van der Waals surface area contributed by atoms with Gasteiger partial charge in [0.05, 0.1) is 5.52 Å². The summed E-state index contributed by atoms with van der Waals surface area (Å²) in [6.07, 6.45) is 0.825. The highest BCUT2D eigenvalue weighted by Crippen LogP contribution is 2.26. The lowest BCUT2D eigenvalue weighted by molar-refractivity contribution is 0.677. The predicted molar refractivity (Wildman–Crippen MR) is 123 cm³/mol. The van der Waals surface area contributed by atoms with Crippen LogP contribution in [0.5, 0.6) is 0 Å². The first kappa shape index (κ1) is 18.0. The minimum Gasteiger partial charge on any atom is -0.291 e. The van der Waals surface area contributed by atoms with Crippen molar-refractivity contribution in [2.45, 2.75) is 13.0 Å². The van der Waals surface area contributed by atoms with Crippen molar-refractivity contribution in [1.82, 2.24) is 9.55 Å². The van der Waals surface area contributed by atoms with Gasteiger partial charge < -0.3 is 0 Å². The Morgan fingerprint density at radius 2 is 1.52 bits per heavy atom. The van der Waals surface area contributed by atoms with Gasteiger partial charge in [0.2, 0.25) is 0 Å². The van der Waals surface area contributed by atoms with Crippen LogP contribution in [0.25, 0.3) is 32.7 Å². The molecule has 0 radical (unpaired) electrons. The van der Waals surface area contributed by atoms with Crippen LogP contribution < -0.4 is 5.56 Å². The van der Waals surface area contributed by atoms with Gasteiger partial charge in [0, 0.05) is 17.0 Å². The first-order valence-corrected chi connectivity index (χ1v) is 11.2. The molecule has 2 aromatic carbocycles. The fraction of sp³-hybridized carbons (Fsp3) is 0.0833. The molecule has 142 valence electrons. The molecule has 5 aromatic rings. The molecule has 0 aliphatic carbocycles. The molecule has 0 unspecified atom stereocenters. The highest BCUT2D eigenvalue weighted by Gasteiger charge is 2.14. The van der Waals surface area contributed by atoms with Crippen LogP contribution in [0.4, 0.5) is 0 Å². The van der Waals surface area contributed by atoms with Crippen LogP contribution in [0.3, 0.4) is 0 Å². The zero-order valence-electron chi connectivity index (χ0n) is 15.6. The number of nitrogens with zero attached hydrogens (tertiary/aromatic N) is 2. The largest absolute Gasteiger partial charge is 0.291 e. The van der Waals surface area contributed by atoms with E-state index in [1.807, 2.05) is 40.3 Å². The van der Waals surface area contributed by atoms with Crippen molar-refractivity contribution >= 4 is 32.9 Å². The Labute approximate surface area is 176 Å². The van der Waals surface area contributed by atoms with Gasteiger partial charge in [0.25, 0.3) is 5.56 Å². The third-order valence-corrected chi connectivity index (χ3v) is 6.81. The minimum absolute atomic E-state index is 0.0451. The Balaban J connectivity index is 1.57. The van der Waals surface area contributed by atoms with Crippen molar-refractivity contribution in [3.8, 4) is 22.5 Å². The van der Waals surface area contributed by atoms with Gasteiger partial charge >= 0.3 is 0 Å². The number of rotatable bonds is 5. The van der Waals surface area contributed by atoms with Crippen molar-refractivity contribution in [2.24, 2.45) is 0 Å². The molecule has 0 spiro atoms. The quantitative estimate of drug-likeness (QED) is 0.348. The number of aryl methyl sites for hydroxylation is 1. The maximum Gasteiger partial charge on any atom is 0.271 e. The third-order valence-electron chi connectivity index (χ3n) is 4.98. The zero-order chi connectivity index (χ0) is 19.6. The average Bonchev–Trinajstić information content (AvgIpc) is 3.46. The van der Waals surface area contributed by atoms with Gasteiger partial charge in [-0.2, -0.15) is 0 Å². The predicted octanol–water partition coefficient (Wildman–Crippen LogP) is 6.10. The molecule has 0 saturated carbocycles. The molecule has 0 amide bonds. The van der Waals surface area contributed by atoms with Gasteiger partial charge in [-0.25, -0.2) is 4.98 Å². The molecule has 3 nitrogen and oxygen atoms in total. The molecule has 3 aromatic heterocycles. The first-order valence-electron chi connectivity index (χ1n) is 9.46.